The maximum atomic E-state index is 12.9. The quantitative estimate of drug-likeness (QED) is 0.730. The van der Waals surface area contributed by atoms with Crippen molar-refractivity contribution in [3.05, 3.63) is 54.1 Å². The third-order valence-corrected chi connectivity index (χ3v) is 4.94. The van der Waals surface area contributed by atoms with E-state index in [0.717, 1.165) is 29.4 Å². The van der Waals surface area contributed by atoms with Gasteiger partial charge in [-0.25, -0.2) is 0 Å². The van der Waals surface area contributed by atoms with Gasteiger partial charge in [-0.05, 0) is 30.9 Å². The summed E-state index contributed by atoms with van der Waals surface area (Å²) in [6.45, 7) is 4.90. The molecule has 0 radical (unpaired) electrons. The van der Waals surface area contributed by atoms with Crippen LogP contribution < -0.4 is 10.2 Å². The van der Waals surface area contributed by atoms with Gasteiger partial charge in [-0.1, -0.05) is 31.2 Å². The van der Waals surface area contributed by atoms with Crippen LogP contribution in [0.1, 0.15) is 36.5 Å². The normalized spacial score (nSPS) is 14.0. The highest BCUT2D eigenvalue weighted by Gasteiger charge is 2.35. The van der Waals surface area contributed by atoms with E-state index in [1.807, 2.05) is 41.0 Å². The molecule has 0 fully saturated rings. The summed E-state index contributed by atoms with van der Waals surface area (Å²) in [5.41, 5.74) is 1.43. The van der Waals surface area contributed by atoms with Crippen LogP contribution in [0.5, 0.6) is 0 Å². The number of anilines is 1. The molecule has 2 heterocycles. The molecule has 1 aromatic heterocycles. The summed E-state index contributed by atoms with van der Waals surface area (Å²) in [6, 6.07) is 10.8. The van der Waals surface area contributed by atoms with Crippen molar-refractivity contribution in [3.63, 3.8) is 0 Å². The van der Waals surface area contributed by atoms with Gasteiger partial charge in [0, 0.05) is 17.5 Å². The molecule has 1 unspecified atom stereocenters. The second-order valence-corrected chi connectivity index (χ2v) is 6.69. The Labute approximate surface area is 157 Å². The SMILES string of the molecule is CCCn1cnnc1CNC(=O)C(C)N1C(=O)c2cccc3cccc1c23. The van der Waals surface area contributed by atoms with Crippen molar-refractivity contribution in [2.24, 2.45) is 0 Å². The maximum absolute atomic E-state index is 12.9. The zero-order valence-electron chi connectivity index (χ0n) is 15.3. The fourth-order valence-corrected chi connectivity index (χ4v) is 3.60. The number of aryl methyl sites for hydroxylation is 1. The van der Waals surface area contributed by atoms with Crippen LogP contribution in [0.4, 0.5) is 5.69 Å². The molecule has 4 rings (SSSR count). The van der Waals surface area contributed by atoms with Crippen LogP contribution in [0.15, 0.2) is 42.7 Å². The molecule has 1 atom stereocenters. The Kier molecular flexibility index (Phi) is 4.35. The van der Waals surface area contributed by atoms with Crippen molar-refractivity contribution in [1.82, 2.24) is 20.1 Å². The average molecular weight is 363 g/mol. The Bertz CT molecular complexity index is 1020. The molecule has 2 aromatic carbocycles. The van der Waals surface area contributed by atoms with E-state index in [2.05, 4.69) is 22.4 Å². The van der Waals surface area contributed by atoms with Gasteiger partial charge in [-0.2, -0.15) is 0 Å². The van der Waals surface area contributed by atoms with E-state index in [4.69, 9.17) is 0 Å². The lowest BCUT2D eigenvalue weighted by Crippen LogP contribution is -2.46. The minimum Gasteiger partial charge on any atom is -0.347 e. The van der Waals surface area contributed by atoms with Gasteiger partial charge in [0.1, 0.15) is 12.4 Å². The zero-order valence-corrected chi connectivity index (χ0v) is 15.3. The van der Waals surface area contributed by atoms with Crippen molar-refractivity contribution < 1.29 is 9.59 Å². The van der Waals surface area contributed by atoms with Crippen LogP contribution in [0.2, 0.25) is 0 Å². The molecule has 1 aliphatic heterocycles. The molecule has 0 spiro atoms. The molecule has 138 valence electrons. The molecule has 1 aliphatic rings. The Morgan fingerprint density at radius 3 is 2.78 bits per heavy atom. The van der Waals surface area contributed by atoms with Gasteiger partial charge in [-0.15, -0.1) is 10.2 Å². The molecule has 0 saturated carbocycles. The number of benzene rings is 2. The van der Waals surface area contributed by atoms with Crippen molar-refractivity contribution >= 4 is 28.3 Å². The lowest BCUT2D eigenvalue weighted by Gasteiger charge is -2.24. The number of aromatic nitrogens is 3. The predicted molar refractivity (Wildman–Crippen MR) is 102 cm³/mol. The lowest BCUT2D eigenvalue weighted by atomic mass is 10.1. The fraction of sp³-hybridized carbons (Fsp3) is 0.300. The Morgan fingerprint density at radius 1 is 1.22 bits per heavy atom. The van der Waals surface area contributed by atoms with E-state index in [-0.39, 0.29) is 18.4 Å². The summed E-state index contributed by atoms with van der Waals surface area (Å²) in [7, 11) is 0. The van der Waals surface area contributed by atoms with Crippen LogP contribution in [0.25, 0.3) is 10.8 Å². The number of carbonyl (C=O) groups is 2. The molecule has 7 heteroatoms. The van der Waals surface area contributed by atoms with Crippen molar-refractivity contribution in [2.75, 3.05) is 4.90 Å². The molecule has 2 amide bonds. The second-order valence-electron chi connectivity index (χ2n) is 6.69. The first kappa shape index (κ1) is 17.2. The summed E-state index contributed by atoms with van der Waals surface area (Å²) in [6.07, 6.45) is 2.62. The highest BCUT2D eigenvalue weighted by Crippen LogP contribution is 2.38. The summed E-state index contributed by atoms with van der Waals surface area (Å²) >= 11 is 0. The molecule has 1 N–H and O–H groups in total. The topological polar surface area (TPSA) is 80.1 Å². The third-order valence-electron chi connectivity index (χ3n) is 4.94. The molecule has 0 bridgehead atoms. The summed E-state index contributed by atoms with van der Waals surface area (Å²) < 4.78 is 1.92. The molecule has 27 heavy (non-hydrogen) atoms. The fourth-order valence-electron chi connectivity index (χ4n) is 3.60. The predicted octanol–water partition coefficient (Wildman–Crippen LogP) is 2.51. The first-order chi connectivity index (χ1) is 13.1. The summed E-state index contributed by atoms with van der Waals surface area (Å²) in [4.78, 5) is 27.2. The number of hydrogen-bond acceptors (Lipinski definition) is 4. The first-order valence-electron chi connectivity index (χ1n) is 9.11. The average Bonchev–Trinajstić information content (AvgIpc) is 3.24. The van der Waals surface area contributed by atoms with Gasteiger partial charge < -0.3 is 9.88 Å². The van der Waals surface area contributed by atoms with Crippen molar-refractivity contribution in [1.29, 1.82) is 0 Å². The first-order valence-corrected chi connectivity index (χ1v) is 9.11. The molecule has 0 aliphatic carbocycles. The number of rotatable bonds is 6. The number of carbonyl (C=O) groups excluding carboxylic acids is 2. The smallest absolute Gasteiger partial charge is 0.259 e. The Balaban J connectivity index is 1.54. The number of amides is 2. The minimum absolute atomic E-state index is 0.140. The summed E-state index contributed by atoms with van der Waals surface area (Å²) in [5, 5.41) is 12.8. The van der Waals surface area contributed by atoms with Crippen LogP contribution in [0.3, 0.4) is 0 Å². The van der Waals surface area contributed by atoms with Crippen LogP contribution >= 0.6 is 0 Å². The van der Waals surface area contributed by atoms with Gasteiger partial charge in [0.25, 0.3) is 5.91 Å². The van der Waals surface area contributed by atoms with Gasteiger partial charge in [-0.3, -0.25) is 14.5 Å². The van der Waals surface area contributed by atoms with Gasteiger partial charge in [0.05, 0.1) is 12.2 Å². The molecule has 7 nitrogen and oxygen atoms in total. The van der Waals surface area contributed by atoms with Crippen LogP contribution in [-0.4, -0.2) is 32.6 Å². The molecular weight excluding hydrogens is 342 g/mol. The Morgan fingerprint density at radius 2 is 2.00 bits per heavy atom. The van der Waals surface area contributed by atoms with E-state index in [1.165, 1.54) is 0 Å². The van der Waals surface area contributed by atoms with Crippen LogP contribution in [0, 0.1) is 0 Å². The van der Waals surface area contributed by atoms with E-state index < -0.39 is 6.04 Å². The van der Waals surface area contributed by atoms with E-state index in [1.54, 1.807) is 18.2 Å². The standard InChI is InChI=1S/C20H21N5O2/c1-3-10-24-12-22-23-17(24)11-21-19(26)13(2)25-16-9-5-7-14-6-4-8-15(18(14)16)20(25)27/h4-9,12-13H,3,10-11H2,1-2H3,(H,21,26). The minimum atomic E-state index is -0.627. The highest BCUT2D eigenvalue weighted by atomic mass is 16.2. The van der Waals surface area contributed by atoms with E-state index in [0.29, 0.717) is 11.4 Å². The number of nitrogens with one attached hydrogen (secondary N) is 1. The highest BCUT2D eigenvalue weighted by molar-refractivity contribution is 6.26. The summed E-state index contributed by atoms with van der Waals surface area (Å²) in [5.74, 6) is 0.341. The van der Waals surface area contributed by atoms with Crippen molar-refractivity contribution in [3.8, 4) is 0 Å². The maximum Gasteiger partial charge on any atom is 0.259 e. The molecule has 3 aromatic rings. The second kappa shape index (κ2) is 6.83. The Hall–Kier alpha value is -3.22. The molecule has 0 saturated heterocycles. The van der Waals surface area contributed by atoms with E-state index in [9.17, 15) is 9.59 Å². The lowest BCUT2D eigenvalue weighted by molar-refractivity contribution is -0.122. The van der Waals surface area contributed by atoms with E-state index >= 15 is 0 Å². The zero-order chi connectivity index (χ0) is 19.0. The van der Waals surface area contributed by atoms with Gasteiger partial charge >= 0.3 is 0 Å². The van der Waals surface area contributed by atoms with Gasteiger partial charge in [0.15, 0.2) is 5.82 Å². The van der Waals surface area contributed by atoms with Crippen LogP contribution in [-0.2, 0) is 17.9 Å². The largest absolute Gasteiger partial charge is 0.347 e. The number of nitrogens with zero attached hydrogens (tertiary/aromatic N) is 4. The van der Waals surface area contributed by atoms with Crippen molar-refractivity contribution in [2.45, 2.75) is 39.4 Å². The monoisotopic (exact) mass is 363 g/mol. The number of hydrogen-bond donors (Lipinski definition) is 1. The molecular formula is C20H21N5O2. The van der Waals surface area contributed by atoms with Gasteiger partial charge in [0.2, 0.25) is 5.91 Å². The third kappa shape index (κ3) is 2.85.